The van der Waals surface area contributed by atoms with Crippen molar-refractivity contribution in [3.05, 3.63) is 97.1 Å². The average molecular weight is 595 g/mol. The summed E-state index contributed by atoms with van der Waals surface area (Å²) in [4.78, 5) is 27.7. The molecule has 0 N–H and O–H groups in total. The second kappa shape index (κ2) is 16.9. The molecule has 2 rings (SSSR count). The number of rotatable bonds is 15. The number of hydrazine groups is 1. The van der Waals surface area contributed by atoms with E-state index in [-0.39, 0.29) is 24.8 Å². The lowest BCUT2D eigenvalue weighted by molar-refractivity contribution is -0.0717. The molecule has 0 aliphatic carbocycles. The molecule has 2 aromatic carbocycles. The van der Waals surface area contributed by atoms with Crippen LogP contribution >= 0.6 is 0 Å². The van der Waals surface area contributed by atoms with Gasteiger partial charge in [0, 0.05) is 0 Å². The lowest BCUT2D eigenvalue weighted by Crippen LogP contribution is -2.60. The van der Waals surface area contributed by atoms with Gasteiger partial charge in [-0.1, -0.05) is 113 Å². The largest absolute Gasteiger partial charge is 0.443 e. The fourth-order valence-electron chi connectivity index (χ4n) is 4.25. The summed E-state index contributed by atoms with van der Waals surface area (Å²) in [6, 6.07) is 18.4. The fraction of sp³-hybridized carbons (Fsp3) is 0.471. The summed E-state index contributed by atoms with van der Waals surface area (Å²) < 4.78 is 18.5. The van der Waals surface area contributed by atoms with Crippen LogP contribution in [0.1, 0.15) is 64.5 Å². The lowest BCUT2D eigenvalue weighted by atomic mass is 10.0. The number of benzene rings is 2. The van der Waals surface area contributed by atoms with Crippen molar-refractivity contribution in [1.29, 1.82) is 0 Å². The summed E-state index contributed by atoms with van der Waals surface area (Å²) in [5, 5.41) is 2.65. The minimum absolute atomic E-state index is 0.0532. The number of amides is 2. The molecule has 2 amide bonds. The van der Waals surface area contributed by atoms with Crippen molar-refractivity contribution in [3.63, 3.8) is 0 Å². The molecule has 7 nitrogen and oxygen atoms in total. The van der Waals surface area contributed by atoms with Gasteiger partial charge < -0.3 is 13.9 Å². The molecule has 0 bridgehead atoms. The third kappa shape index (κ3) is 10.5. The van der Waals surface area contributed by atoms with Crippen molar-refractivity contribution in [1.82, 2.24) is 10.0 Å². The quantitative estimate of drug-likeness (QED) is 0.117. The van der Waals surface area contributed by atoms with Crippen LogP contribution in [-0.4, -0.2) is 49.2 Å². The Morgan fingerprint density at radius 1 is 0.881 bits per heavy atom. The van der Waals surface area contributed by atoms with Gasteiger partial charge in [0.15, 0.2) is 8.32 Å². The van der Waals surface area contributed by atoms with Gasteiger partial charge in [-0.25, -0.2) is 19.6 Å². The highest BCUT2D eigenvalue weighted by atomic mass is 28.4. The zero-order valence-corrected chi connectivity index (χ0v) is 27.4. The van der Waals surface area contributed by atoms with Crippen LogP contribution in [0.5, 0.6) is 0 Å². The van der Waals surface area contributed by atoms with E-state index in [0.29, 0.717) is 12.8 Å². The number of carbonyl (C=O) groups excluding carboxylic acids is 2. The molecule has 0 saturated carbocycles. The first-order chi connectivity index (χ1) is 19.9. The van der Waals surface area contributed by atoms with E-state index in [9.17, 15) is 9.59 Å². The zero-order chi connectivity index (χ0) is 31.2. The normalized spacial score (nSPS) is 13.0. The van der Waals surface area contributed by atoms with Crippen LogP contribution in [0.3, 0.4) is 0 Å². The van der Waals surface area contributed by atoms with Gasteiger partial charge in [-0.15, -0.1) is 13.2 Å². The molecule has 0 heterocycles. The molecule has 0 aliphatic rings. The fourth-order valence-corrected chi connectivity index (χ4v) is 5.61. The minimum Gasteiger partial charge on any atom is -0.443 e. The van der Waals surface area contributed by atoms with Crippen LogP contribution in [0.4, 0.5) is 9.59 Å². The van der Waals surface area contributed by atoms with E-state index in [1.165, 1.54) is 10.0 Å². The summed E-state index contributed by atoms with van der Waals surface area (Å²) in [5.41, 5.74) is 1.69. The Kier molecular flexibility index (Phi) is 14.0. The van der Waals surface area contributed by atoms with E-state index in [1.807, 2.05) is 66.7 Å². The zero-order valence-electron chi connectivity index (χ0n) is 26.4. The summed E-state index contributed by atoms with van der Waals surface area (Å²) in [7, 11) is -2.28. The van der Waals surface area contributed by atoms with Crippen molar-refractivity contribution in [2.45, 2.75) is 96.9 Å². The van der Waals surface area contributed by atoms with E-state index < -0.39 is 32.6 Å². The van der Waals surface area contributed by atoms with Gasteiger partial charge in [-0.3, -0.25) is 0 Å². The first-order valence-electron chi connectivity index (χ1n) is 14.8. The van der Waals surface area contributed by atoms with Crippen molar-refractivity contribution in [2.75, 3.05) is 6.54 Å². The maximum Gasteiger partial charge on any atom is 0.429 e. The summed E-state index contributed by atoms with van der Waals surface area (Å²) in [5.74, 6) is 0. The molecular weight excluding hydrogens is 544 g/mol. The first kappa shape index (κ1) is 34.8. The number of ether oxygens (including phenoxy) is 2. The number of unbranched alkanes of at least 4 members (excludes halogenated alkanes) is 1. The summed E-state index contributed by atoms with van der Waals surface area (Å²) in [6.45, 7) is 21.1. The van der Waals surface area contributed by atoms with Gasteiger partial charge in [-0.05, 0) is 42.1 Å². The Bertz CT molecular complexity index is 1120. The Hall–Kier alpha value is -3.36. The second-order valence-electron chi connectivity index (χ2n) is 11.9. The summed E-state index contributed by atoms with van der Waals surface area (Å²) >= 11 is 0. The molecule has 0 aromatic heterocycles. The van der Waals surface area contributed by atoms with Crippen LogP contribution in [0, 0.1) is 0 Å². The number of hydrogen-bond acceptors (Lipinski definition) is 5. The van der Waals surface area contributed by atoms with Gasteiger partial charge in [0.05, 0.1) is 18.7 Å². The Morgan fingerprint density at radius 2 is 1.40 bits per heavy atom. The van der Waals surface area contributed by atoms with Gasteiger partial charge in [0.25, 0.3) is 0 Å². The van der Waals surface area contributed by atoms with E-state index >= 15 is 0 Å². The molecule has 230 valence electrons. The molecule has 2 atom stereocenters. The number of hydrogen-bond donors (Lipinski definition) is 0. The summed E-state index contributed by atoms with van der Waals surface area (Å²) in [6.07, 6.45) is 4.51. The monoisotopic (exact) mass is 594 g/mol. The molecule has 42 heavy (non-hydrogen) atoms. The maximum absolute atomic E-state index is 14.0. The molecule has 2 aromatic rings. The van der Waals surface area contributed by atoms with E-state index in [1.54, 1.807) is 6.08 Å². The molecule has 0 radical (unpaired) electrons. The SMILES string of the molecule is C=CC[C@H](O[Si](C)(C)C(C)(C)C)[C@@H](CCCC)N(C(=O)OCc1ccccc1)N(CC=C)C(=O)OCc1ccccc1. The van der Waals surface area contributed by atoms with Crippen molar-refractivity contribution >= 4 is 20.5 Å². The highest BCUT2D eigenvalue weighted by Gasteiger charge is 2.44. The van der Waals surface area contributed by atoms with E-state index in [0.717, 1.165) is 24.0 Å². The van der Waals surface area contributed by atoms with Gasteiger partial charge >= 0.3 is 12.2 Å². The van der Waals surface area contributed by atoms with Gasteiger partial charge in [-0.2, -0.15) is 0 Å². The van der Waals surface area contributed by atoms with Crippen LogP contribution in [0.25, 0.3) is 0 Å². The predicted octanol–water partition coefficient (Wildman–Crippen LogP) is 8.89. The molecule has 8 heteroatoms. The second-order valence-corrected chi connectivity index (χ2v) is 16.7. The lowest BCUT2D eigenvalue weighted by Gasteiger charge is -2.45. The molecule has 0 fully saturated rings. The van der Waals surface area contributed by atoms with Crippen molar-refractivity contribution in [2.24, 2.45) is 0 Å². The topological polar surface area (TPSA) is 68.3 Å². The maximum atomic E-state index is 14.0. The van der Waals surface area contributed by atoms with Crippen LogP contribution in [0.15, 0.2) is 86.0 Å². The highest BCUT2D eigenvalue weighted by Crippen LogP contribution is 2.39. The molecule has 0 saturated heterocycles. The Morgan fingerprint density at radius 3 is 1.86 bits per heavy atom. The highest BCUT2D eigenvalue weighted by molar-refractivity contribution is 6.74. The molecule has 0 spiro atoms. The smallest absolute Gasteiger partial charge is 0.429 e. The van der Waals surface area contributed by atoms with Crippen molar-refractivity contribution < 1.29 is 23.5 Å². The molecule has 0 aliphatic heterocycles. The van der Waals surface area contributed by atoms with E-state index in [2.05, 4.69) is 53.9 Å². The average Bonchev–Trinajstić information content (AvgIpc) is 2.96. The number of nitrogens with zero attached hydrogens (tertiary/aromatic N) is 2. The molecule has 0 unspecified atom stereocenters. The number of carbonyl (C=O) groups is 2. The van der Waals surface area contributed by atoms with Crippen LogP contribution in [0.2, 0.25) is 18.1 Å². The van der Waals surface area contributed by atoms with Crippen molar-refractivity contribution in [3.8, 4) is 0 Å². The molecular formula is C34H50N2O5Si. The Labute approximate surface area is 254 Å². The standard InChI is InChI=1S/C34H50N2O5Si/c1-9-12-24-30(31(19-10-2)41-42(7,8)34(4,5)6)36(33(38)40-27-29-22-17-14-18-23-29)35(25-11-3)32(37)39-26-28-20-15-13-16-21-28/h10-11,13-18,20-23,30-31H,2-3,9,12,19,24-27H2,1,4-8H3/t30-,31+/m1/s1. The first-order valence-corrected chi connectivity index (χ1v) is 17.7. The van der Waals surface area contributed by atoms with Crippen LogP contribution in [-0.2, 0) is 27.1 Å². The minimum atomic E-state index is -2.28. The van der Waals surface area contributed by atoms with Crippen LogP contribution < -0.4 is 0 Å². The van der Waals surface area contributed by atoms with Gasteiger partial charge in [0.2, 0.25) is 0 Å². The third-order valence-electron chi connectivity index (χ3n) is 7.62. The van der Waals surface area contributed by atoms with E-state index in [4.69, 9.17) is 13.9 Å². The van der Waals surface area contributed by atoms with Gasteiger partial charge in [0.1, 0.15) is 13.2 Å². The predicted molar refractivity (Wildman–Crippen MR) is 172 cm³/mol. The Balaban J connectivity index is 2.54. The third-order valence-corrected chi connectivity index (χ3v) is 12.1.